The highest BCUT2D eigenvalue weighted by atomic mass is 35.5. The molecule has 5 rings (SSSR count). The molecule has 0 bridgehead atoms. The maximum absolute atomic E-state index is 13.5. The molecule has 1 aliphatic rings. The lowest BCUT2D eigenvalue weighted by Crippen LogP contribution is -2.38. The Morgan fingerprint density at radius 1 is 1.20 bits per heavy atom. The van der Waals surface area contributed by atoms with E-state index in [2.05, 4.69) is 45.0 Å². The number of nitrogens with zero attached hydrogens (tertiary/aromatic N) is 4. The van der Waals surface area contributed by atoms with Crippen molar-refractivity contribution in [3.8, 4) is 0 Å². The molecule has 0 saturated heterocycles. The van der Waals surface area contributed by atoms with Gasteiger partial charge in [-0.1, -0.05) is 67.1 Å². The highest BCUT2D eigenvalue weighted by Crippen LogP contribution is 2.37. The SMILES string of the molecule is CC(C)CC1=C(C(=O)Nc2nncs2)C(c2ccccc2Cl)N=C(Nc2nc3ccccc3o2)N1. The van der Waals surface area contributed by atoms with E-state index in [-0.39, 0.29) is 11.8 Å². The van der Waals surface area contributed by atoms with Crippen molar-refractivity contribution in [3.63, 3.8) is 0 Å². The summed E-state index contributed by atoms with van der Waals surface area (Å²) in [6.07, 6.45) is 0.605. The predicted molar refractivity (Wildman–Crippen MR) is 137 cm³/mol. The zero-order valence-corrected chi connectivity index (χ0v) is 20.5. The van der Waals surface area contributed by atoms with Crippen molar-refractivity contribution in [3.05, 3.63) is 75.9 Å². The van der Waals surface area contributed by atoms with Crippen LogP contribution in [0.4, 0.5) is 11.1 Å². The molecule has 0 spiro atoms. The van der Waals surface area contributed by atoms with Crippen molar-refractivity contribution in [1.29, 1.82) is 0 Å². The molecule has 2 aromatic carbocycles. The molecule has 2 aromatic heterocycles. The molecule has 0 saturated carbocycles. The number of carbonyl (C=O) groups excluding carboxylic acids is 1. The molecule has 3 heterocycles. The van der Waals surface area contributed by atoms with Gasteiger partial charge in [0.15, 0.2) is 5.58 Å². The first kappa shape index (κ1) is 23.0. The number of carbonyl (C=O) groups is 1. The number of hydrogen-bond acceptors (Lipinski definition) is 9. The van der Waals surface area contributed by atoms with E-state index < -0.39 is 6.04 Å². The first-order chi connectivity index (χ1) is 17.0. The summed E-state index contributed by atoms with van der Waals surface area (Å²) in [6, 6.07) is 14.5. The van der Waals surface area contributed by atoms with Gasteiger partial charge in [0.05, 0.1) is 5.57 Å². The highest BCUT2D eigenvalue weighted by Gasteiger charge is 2.33. The summed E-state index contributed by atoms with van der Waals surface area (Å²) in [7, 11) is 0. The van der Waals surface area contributed by atoms with Crippen LogP contribution in [0.15, 0.2) is 74.7 Å². The summed E-state index contributed by atoms with van der Waals surface area (Å²) in [5, 5.41) is 17.9. The molecule has 1 aliphatic heterocycles. The Morgan fingerprint density at radius 3 is 2.74 bits per heavy atom. The van der Waals surface area contributed by atoms with Crippen LogP contribution in [0.5, 0.6) is 0 Å². The number of rotatable bonds is 6. The minimum absolute atomic E-state index is 0.261. The summed E-state index contributed by atoms with van der Waals surface area (Å²) in [4.78, 5) is 22.8. The van der Waals surface area contributed by atoms with Crippen LogP contribution in [0.2, 0.25) is 5.02 Å². The smallest absolute Gasteiger partial charge is 0.302 e. The van der Waals surface area contributed by atoms with Gasteiger partial charge in [-0.15, -0.1) is 10.2 Å². The Morgan fingerprint density at radius 2 is 2.00 bits per heavy atom. The number of nitrogens with one attached hydrogen (secondary N) is 3. The second-order valence-corrected chi connectivity index (χ2v) is 9.57. The van der Waals surface area contributed by atoms with Gasteiger partial charge in [-0.2, -0.15) is 4.98 Å². The average Bonchev–Trinajstić information content (AvgIpc) is 3.47. The van der Waals surface area contributed by atoms with E-state index >= 15 is 0 Å². The number of hydrogen-bond donors (Lipinski definition) is 3. The summed E-state index contributed by atoms with van der Waals surface area (Å²) < 4.78 is 5.82. The number of allylic oxidation sites excluding steroid dienone is 1. The summed E-state index contributed by atoms with van der Waals surface area (Å²) in [6.45, 7) is 4.16. The Bertz CT molecular complexity index is 1400. The fraction of sp³-hybridized carbons (Fsp3) is 0.208. The number of benzene rings is 2. The van der Waals surface area contributed by atoms with Crippen LogP contribution in [0.25, 0.3) is 11.1 Å². The molecule has 178 valence electrons. The molecule has 1 atom stereocenters. The van der Waals surface area contributed by atoms with Gasteiger partial charge in [0, 0.05) is 16.3 Å². The molecule has 9 nitrogen and oxygen atoms in total. The van der Waals surface area contributed by atoms with Crippen molar-refractivity contribution < 1.29 is 9.21 Å². The van der Waals surface area contributed by atoms with E-state index in [0.29, 0.717) is 45.3 Å². The fourth-order valence-corrected chi connectivity index (χ4v) is 4.52. The number of aromatic nitrogens is 3. The van der Waals surface area contributed by atoms with Crippen molar-refractivity contribution in [2.45, 2.75) is 26.3 Å². The number of amides is 1. The lowest BCUT2D eigenvalue weighted by Gasteiger charge is -2.29. The van der Waals surface area contributed by atoms with Gasteiger partial charge < -0.3 is 9.73 Å². The standard InChI is InChI=1S/C24H22ClN7O2S/c1-13(2)11-17-19(21(33)30-24-32-26-12-35-24)20(14-7-3-4-8-15(14)25)29-22(27-17)31-23-28-16-9-5-6-10-18(16)34-23/h3-10,12-13,20H,11H2,1-2H3,(H,30,32,33)(H2,27,28,29,31). The number of para-hydroxylation sites is 2. The van der Waals surface area contributed by atoms with Gasteiger partial charge in [0.2, 0.25) is 11.1 Å². The third kappa shape index (κ3) is 5.03. The van der Waals surface area contributed by atoms with Gasteiger partial charge in [-0.25, -0.2) is 4.99 Å². The largest absolute Gasteiger partial charge is 0.423 e. The van der Waals surface area contributed by atoms with E-state index in [1.54, 1.807) is 11.6 Å². The Balaban J connectivity index is 1.56. The maximum atomic E-state index is 13.5. The third-order valence-corrected chi connectivity index (χ3v) is 6.23. The third-order valence-electron chi connectivity index (χ3n) is 5.28. The number of aliphatic imine (C=N–C) groups is 1. The Hall–Kier alpha value is -3.76. The van der Waals surface area contributed by atoms with Crippen LogP contribution in [0.1, 0.15) is 31.9 Å². The lowest BCUT2D eigenvalue weighted by atomic mass is 9.92. The van der Waals surface area contributed by atoms with Gasteiger partial charge in [0.1, 0.15) is 17.1 Å². The van der Waals surface area contributed by atoms with E-state index in [0.717, 1.165) is 11.2 Å². The first-order valence-corrected chi connectivity index (χ1v) is 12.3. The molecule has 1 amide bonds. The molecule has 0 radical (unpaired) electrons. The monoisotopic (exact) mass is 507 g/mol. The van der Waals surface area contributed by atoms with E-state index in [4.69, 9.17) is 21.0 Å². The van der Waals surface area contributed by atoms with E-state index in [1.807, 2.05) is 42.5 Å². The van der Waals surface area contributed by atoms with Crippen LogP contribution < -0.4 is 16.0 Å². The van der Waals surface area contributed by atoms with Crippen molar-refractivity contribution in [2.24, 2.45) is 10.9 Å². The molecule has 4 aromatic rings. The van der Waals surface area contributed by atoms with Crippen LogP contribution >= 0.6 is 22.9 Å². The molecule has 1 unspecified atom stereocenters. The van der Waals surface area contributed by atoms with Crippen LogP contribution in [0, 0.1) is 5.92 Å². The van der Waals surface area contributed by atoms with Gasteiger partial charge in [-0.3, -0.25) is 15.4 Å². The molecule has 0 aliphatic carbocycles. The van der Waals surface area contributed by atoms with Crippen molar-refractivity contribution in [2.75, 3.05) is 10.6 Å². The zero-order chi connectivity index (χ0) is 24.4. The van der Waals surface area contributed by atoms with Gasteiger partial charge >= 0.3 is 6.01 Å². The van der Waals surface area contributed by atoms with Gasteiger partial charge in [0.25, 0.3) is 5.91 Å². The molecule has 0 fully saturated rings. The van der Waals surface area contributed by atoms with Crippen LogP contribution in [0.3, 0.4) is 0 Å². The highest BCUT2D eigenvalue weighted by molar-refractivity contribution is 7.13. The Labute approximate surface area is 210 Å². The Kier molecular flexibility index (Phi) is 6.47. The van der Waals surface area contributed by atoms with E-state index in [9.17, 15) is 4.79 Å². The van der Waals surface area contributed by atoms with Crippen molar-refractivity contribution in [1.82, 2.24) is 20.5 Å². The van der Waals surface area contributed by atoms with E-state index in [1.165, 1.54) is 11.3 Å². The number of guanidine groups is 1. The molecule has 11 heteroatoms. The lowest BCUT2D eigenvalue weighted by molar-refractivity contribution is -0.113. The average molecular weight is 508 g/mol. The second-order valence-electron chi connectivity index (χ2n) is 8.33. The number of halogens is 1. The summed E-state index contributed by atoms with van der Waals surface area (Å²) in [5.41, 5.74) is 4.83. The summed E-state index contributed by atoms with van der Waals surface area (Å²) >= 11 is 7.81. The fourth-order valence-electron chi connectivity index (χ4n) is 3.84. The minimum Gasteiger partial charge on any atom is -0.423 e. The van der Waals surface area contributed by atoms with Crippen molar-refractivity contribution >= 4 is 57.1 Å². The topological polar surface area (TPSA) is 117 Å². The summed E-state index contributed by atoms with van der Waals surface area (Å²) in [5.74, 6) is 0.349. The number of oxazole rings is 1. The number of fused-ring (bicyclic) bond motifs is 1. The quantitative estimate of drug-likeness (QED) is 0.320. The van der Waals surface area contributed by atoms with Crippen LogP contribution in [-0.4, -0.2) is 27.0 Å². The predicted octanol–water partition coefficient (Wildman–Crippen LogP) is 5.38. The number of anilines is 2. The van der Waals surface area contributed by atoms with Crippen LogP contribution in [-0.2, 0) is 4.79 Å². The minimum atomic E-state index is -0.668. The molecular formula is C24H22ClN7O2S. The molecular weight excluding hydrogens is 486 g/mol. The first-order valence-electron chi connectivity index (χ1n) is 11.0. The molecule has 3 N–H and O–H groups in total. The molecule has 35 heavy (non-hydrogen) atoms. The maximum Gasteiger partial charge on any atom is 0.302 e. The normalized spacial score (nSPS) is 15.8. The second kappa shape index (κ2) is 9.85. The van der Waals surface area contributed by atoms with Gasteiger partial charge in [-0.05, 0) is 30.5 Å². The zero-order valence-electron chi connectivity index (χ0n) is 18.9.